The Kier molecular flexibility index (Phi) is 7.06. The van der Waals surface area contributed by atoms with Crippen LogP contribution in [0, 0.1) is 11.8 Å². The monoisotopic (exact) mass is 218 g/mol. The molecule has 3 heteroatoms. The number of carboxylic acid groups (broad SMARTS) is 1. The highest BCUT2D eigenvalue weighted by atomic mass is 32.2. The third-order valence-corrected chi connectivity index (χ3v) is 4.06. The Bertz CT molecular complexity index is 169. The number of hydrogen-bond donors (Lipinski definition) is 1. The van der Waals surface area contributed by atoms with Crippen LogP contribution in [0.4, 0.5) is 0 Å². The summed E-state index contributed by atoms with van der Waals surface area (Å²) < 4.78 is 0. The maximum absolute atomic E-state index is 10.9. The number of carbonyl (C=O) groups is 1. The van der Waals surface area contributed by atoms with Crippen LogP contribution in [0.15, 0.2) is 0 Å². The molecular weight excluding hydrogens is 196 g/mol. The first-order valence-electron chi connectivity index (χ1n) is 5.33. The van der Waals surface area contributed by atoms with Crippen molar-refractivity contribution in [3.8, 4) is 0 Å². The summed E-state index contributed by atoms with van der Waals surface area (Å²) in [4.78, 5) is 10.9. The summed E-state index contributed by atoms with van der Waals surface area (Å²) in [5.74, 6) is 1.13. The molecule has 2 atom stereocenters. The summed E-state index contributed by atoms with van der Waals surface area (Å²) in [5.41, 5.74) is 0. The Hall–Kier alpha value is -0.180. The lowest BCUT2D eigenvalue weighted by atomic mass is 10.1. The first kappa shape index (κ1) is 13.8. The molecule has 0 amide bonds. The van der Waals surface area contributed by atoms with Gasteiger partial charge in [0, 0.05) is 0 Å². The fourth-order valence-corrected chi connectivity index (χ4v) is 2.62. The van der Waals surface area contributed by atoms with Gasteiger partial charge in [-0.15, -0.1) is 11.8 Å². The Morgan fingerprint density at radius 2 is 1.93 bits per heavy atom. The zero-order valence-electron chi connectivity index (χ0n) is 9.62. The average molecular weight is 218 g/mol. The van der Waals surface area contributed by atoms with Crippen LogP contribution in [0.2, 0.25) is 0 Å². The van der Waals surface area contributed by atoms with E-state index < -0.39 is 5.97 Å². The first-order valence-corrected chi connectivity index (χ1v) is 6.38. The summed E-state index contributed by atoms with van der Waals surface area (Å²) in [5, 5.41) is 8.72. The first-order chi connectivity index (χ1) is 6.49. The molecule has 0 aromatic heterocycles. The zero-order chi connectivity index (χ0) is 11.1. The van der Waals surface area contributed by atoms with Crippen molar-refractivity contribution in [2.24, 2.45) is 11.8 Å². The molecule has 14 heavy (non-hydrogen) atoms. The van der Waals surface area contributed by atoms with Gasteiger partial charge in [-0.25, -0.2) is 0 Å². The number of aliphatic carboxylic acids is 1. The van der Waals surface area contributed by atoms with E-state index in [0.29, 0.717) is 5.92 Å². The van der Waals surface area contributed by atoms with Crippen molar-refractivity contribution >= 4 is 17.7 Å². The van der Waals surface area contributed by atoms with Crippen molar-refractivity contribution < 1.29 is 9.90 Å². The molecule has 0 aromatic rings. The van der Waals surface area contributed by atoms with Crippen molar-refractivity contribution in [2.75, 3.05) is 5.75 Å². The van der Waals surface area contributed by atoms with Crippen LogP contribution in [-0.4, -0.2) is 22.1 Å². The molecule has 0 radical (unpaired) electrons. The number of hydrogen-bond acceptors (Lipinski definition) is 2. The van der Waals surface area contributed by atoms with E-state index in [1.807, 2.05) is 13.8 Å². The normalized spacial score (nSPS) is 15.5. The van der Waals surface area contributed by atoms with Gasteiger partial charge < -0.3 is 5.11 Å². The number of carboxylic acids is 1. The van der Waals surface area contributed by atoms with Crippen molar-refractivity contribution in [3.63, 3.8) is 0 Å². The molecule has 0 bridgehead atoms. The third-order valence-electron chi connectivity index (χ3n) is 2.19. The van der Waals surface area contributed by atoms with Crippen LogP contribution < -0.4 is 0 Å². The Balaban J connectivity index is 3.88. The molecule has 84 valence electrons. The van der Waals surface area contributed by atoms with E-state index >= 15 is 0 Å². The van der Waals surface area contributed by atoms with Crippen LogP contribution in [-0.2, 0) is 4.79 Å². The van der Waals surface area contributed by atoms with Gasteiger partial charge in [-0.3, -0.25) is 4.79 Å². The maximum Gasteiger partial charge on any atom is 0.316 e. The molecule has 1 N–H and O–H groups in total. The predicted octanol–water partition coefficient (Wildman–Crippen LogP) is 3.27. The van der Waals surface area contributed by atoms with Gasteiger partial charge in [0.15, 0.2) is 0 Å². The van der Waals surface area contributed by atoms with E-state index in [0.717, 1.165) is 5.75 Å². The lowest BCUT2D eigenvalue weighted by Crippen LogP contribution is -2.23. The highest BCUT2D eigenvalue weighted by Crippen LogP contribution is 2.23. The van der Waals surface area contributed by atoms with E-state index in [2.05, 4.69) is 13.8 Å². The topological polar surface area (TPSA) is 37.3 Å². The van der Waals surface area contributed by atoms with Crippen LogP contribution in [0.3, 0.4) is 0 Å². The molecule has 0 aliphatic heterocycles. The summed E-state index contributed by atoms with van der Waals surface area (Å²) in [6, 6.07) is 0. The molecule has 0 fully saturated rings. The number of thioether (sulfide) groups is 1. The molecule has 2 unspecified atom stereocenters. The quantitative estimate of drug-likeness (QED) is 0.712. The van der Waals surface area contributed by atoms with E-state index in [9.17, 15) is 4.79 Å². The summed E-state index contributed by atoms with van der Waals surface area (Å²) >= 11 is 1.59. The van der Waals surface area contributed by atoms with Crippen molar-refractivity contribution in [2.45, 2.75) is 45.8 Å². The van der Waals surface area contributed by atoms with Gasteiger partial charge in [-0.1, -0.05) is 40.5 Å². The molecule has 0 aromatic carbocycles. The summed E-state index contributed by atoms with van der Waals surface area (Å²) in [7, 11) is 0. The maximum atomic E-state index is 10.9. The van der Waals surface area contributed by atoms with Crippen LogP contribution in [0.25, 0.3) is 0 Å². The van der Waals surface area contributed by atoms with Gasteiger partial charge in [0.2, 0.25) is 0 Å². The van der Waals surface area contributed by atoms with Crippen LogP contribution in [0.1, 0.15) is 40.5 Å². The van der Waals surface area contributed by atoms with Crippen LogP contribution >= 0.6 is 11.8 Å². The molecular formula is C11H22O2S. The fourth-order valence-electron chi connectivity index (χ4n) is 1.39. The van der Waals surface area contributed by atoms with Gasteiger partial charge in [-0.05, 0) is 17.6 Å². The smallest absolute Gasteiger partial charge is 0.316 e. The third kappa shape index (κ3) is 5.53. The summed E-state index contributed by atoms with van der Waals surface area (Å²) in [6.45, 7) is 8.29. The minimum absolute atomic E-state index is 0.214. The van der Waals surface area contributed by atoms with Gasteiger partial charge in [-0.2, -0.15) is 0 Å². The highest BCUT2D eigenvalue weighted by molar-refractivity contribution is 8.00. The van der Waals surface area contributed by atoms with Crippen molar-refractivity contribution in [1.82, 2.24) is 0 Å². The van der Waals surface area contributed by atoms with Gasteiger partial charge >= 0.3 is 5.97 Å². The average Bonchev–Trinajstić information content (AvgIpc) is 2.03. The highest BCUT2D eigenvalue weighted by Gasteiger charge is 2.22. The van der Waals surface area contributed by atoms with E-state index in [1.54, 1.807) is 11.8 Å². The van der Waals surface area contributed by atoms with E-state index in [4.69, 9.17) is 5.11 Å². The number of rotatable bonds is 7. The lowest BCUT2D eigenvalue weighted by Gasteiger charge is -2.18. The Morgan fingerprint density at radius 3 is 2.29 bits per heavy atom. The molecule has 2 nitrogen and oxygen atoms in total. The largest absolute Gasteiger partial charge is 0.480 e. The second-order valence-electron chi connectivity index (χ2n) is 4.23. The minimum atomic E-state index is -0.673. The second-order valence-corrected chi connectivity index (χ2v) is 5.40. The molecule has 0 spiro atoms. The molecule has 0 saturated carbocycles. The fraction of sp³-hybridized carbons (Fsp3) is 0.909. The van der Waals surface area contributed by atoms with E-state index in [-0.39, 0.29) is 11.2 Å². The predicted molar refractivity (Wildman–Crippen MR) is 62.8 cm³/mol. The lowest BCUT2D eigenvalue weighted by molar-refractivity contribution is -0.137. The zero-order valence-corrected chi connectivity index (χ0v) is 10.4. The van der Waals surface area contributed by atoms with Crippen LogP contribution in [0.5, 0.6) is 0 Å². The molecule has 0 aliphatic carbocycles. The van der Waals surface area contributed by atoms with Crippen molar-refractivity contribution in [3.05, 3.63) is 0 Å². The molecule has 0 rings (SSSR count). The van der Waals surface area contributed by atoms with Gasteiger partial charge in [0.25, 0.3) is 0 Å². The van der Waals surface area contributed by atoms with Gasteiger partial charge in [0.1, 0.15) is 5.25 Å². The van der Waals surface area contributed by atoms with Crippen molar-refractivity contribution in [1.29, 1.82) is 0 Å². The SMILES string of the molecule is CCCC(C)CSC(C(=O)O)C(C)C. The summed E-state index contributed by atoms with van der Waals surface area (Å²) in [6.07, 6.45) is 2.37. The minimum Gasteiger partial charge on any atom is -0.480 e. The van der Waals surface area contributed by atoms with E-state index in [1.165, 1.54) is 12.8 Å². The molecule has 0 heterocycles. The standard InChI is InChI=1S/C11H22O2S/c1-5-6-9(4)7-14-10(8(2)3)11(12)13/h8-10H,5-7H2,1-4H3,(H,12,13). The molecule has 0 saturated heterocycles. The Morgan fingerprint density at radius 1 is 1.36 bits per heavy atom. The Labute approximate surface area is 91.5 Å². The molecule has 0 aliphatic rings. The second kappa shape index (κ2) is 7.16. The van der Waals surface area contributed by atoms with Gasteiger partial charge in [0.05, 0.1) is 0 Å².